The summed E-state index contributed by atoms with van der Waals surface area (Å²) in [5.41, 5.74) is 6.54. The predicted octanol–water partition coefficient (Wildman–Crippen LogP) is 1.26. The van der Waals surface area contributed by atoms with Crippen LogP contribution >= 0.6 is 0 Å². The van der Waals surface area contributed by atoms with E-state index in [1.807, 2.05) is 12.1 Å². The molecular weight excluding hydrogens is 226 g/mol. The Kier molecular flexibility index (Phi) is 4.31. The molecule has 2 heterocycles. The van der Waals surface area contributed by atoms with Crippen LogP contribution in [-0.2, 0) is 11.2 Å². The van der Waals surface area contributed by atoms with Crippen molar-refractivity contribution in [3.8, 4) is 0 Å². The molecule has 18 heavy (non-hydrogen) atoms. The van der Waals surface area contributed by atoms with Crippen LogP contribution in [-0.4, -0.2) is 24.0 Å². The third-order valence-electron chi connectivity index (χ3n) is 3.87. The van der Waals surface area contributed by atoms with Crippen LogP contribution in [0.4, 0.5) is 0 Å². The van der Waals surface area contributed by atoms with Crippen molar-refractivity contribution in [1.29, 1.82) is 0 Å². The molecule has 4 heteroatoms. The molecule has 2 rings (SSSR count). The normalized spacial score (nSPS) is 23.8. The first-order chi connectivity index (χ1) is 8.73. The van der Waals surface area contributed by atoms with Crippen LogP contribution in [0.3, 0.4) is 0 Å². The number of carbonyl (C=O) groups excluding carboxylic acids is 1. The Bertz CT molecular complexity index is 385. The monoisotopic (exact) mass is 247 g/mol. The number of nitrogens with two attached hydrogens (primary N) is 1. The third-order valence-corrected chi connectivity index (χ3v) is 3.87. The summed E-state index contributed by atoms with van der Waals surface area (Å²) in [6.45, 7) is 1.73. The molecule has 0 bridgehead atoms. The number of primary amides is 1. The molecule has 1 saturated heterocycles. The van der Waals surface area contributed by atoms with Gasteiger partial charge in [-0.15, -0.1) is 0 Å². The van der Waals surface area contributed by atoms with Crippen molar-refractivity contribution in [3.05, 3.63) is 30.1 Å². The van der Waals surface area contributed by atoms with Crippen LogP contribution < -0.4 is 11.1 Å². The van der Waals surface area contributed by atoms with Gasteiger partial charge in [0.2, 0.25) is 5.91 Å². The number of rotatable bonds is 5. The van der Waals surface area contributed by atoms with Crippen molar-refractivity contribution >= 4 is 5.91 Å². The Morgan fingerprint density at radius 1 is 1.44 bits per heavy atom. The van der Waals surface area contributed by atoms with E-state index in [1.54, 1.807) is 12.4 Å². The molecule has 0 aromatic carbocycles. The second kappa shape index (κ2) is 5.96. The van der Waals surface area contributed by atoms with Gasteiger partial charge in [0.05, 0.1) is 5.41 Å². The van der Waals surface area contributed by atoms with Gasteiger partial charge in [-0.25, -0.2) is 0 Å². The van der Waals surface area contributed by atoms with E-state index in [0.29, 0.717) is 0 Å². The van der Waals surface area contributed by atoms with Gasteiger partial charge in [-0.2, -0.15) is 0 Å². The number of nitrogens with zero attached hydrogens (tertiary/aromatic N) is 1. The average Bonchev–Trinajstić information content (AvgIpc) is 2.41. The van der Waals surface area contributed by atoms with Crippen molar-refractivity contribution in [2.75, 3.05) is 13.1 Å². The molecule has 4 nitrogen and oxygen atoms in total. The predicted molar refractivity (Wildman–Crippen MR) is 70.9 cm³/mol. The lowest BCUT2D eigenvalue weighted by molar-refractivity contribution is -0.129. The number of carbonyl (C=O) groups is 1. The molecule has 1 aromatic heterocycles. The smallest absolute Gasteiger partial charge is 0.224 e. The zero-order valence-electron chi connectivity index (χ0n) is 10.7. The second-order valence-corrected chi connectivity index (χ2v) is 5.13. The van der Waals surface area contributed by atoms with Crippen LogP contribution in [0.15, 0.2) is 24.5 Å². The third kappa shape index (κ3) is 3.07. The second-order valence-electron chi connectivity index (χ2n) is 5.13. The van der Waals surface area contributed by atoms with E-state index in [1.165, 1.54) is 5.56 Å². The molecule has 1 fully saturated rings. The highest BCUT2D eigenvalue weighted by molar-refractivity contribution is 5.81. The minimum absolute atomic E-state index is 0.149. The highest BCUT2D eigenvalue weighted by Crippen LogP contribution is 2.31. The van der Waals surface area contributed by atoms with Gasteiger partial charge in [-0.05, 0) is 56.3 Å². The number of hydrogen-bond acceptors (Lipinski definition) is 3. The maximum Gasteiger partial charge on any atom is 0.224 e. The van der Waals surface area contributed by atoms with Gasteiger partial charge in [0.15, 0.2) is 0 Å². The van der Waals surface area contributed by atoms with Crippen LogP contribution in [0.2, 0.25) is 0 Å². The van der Waals surface area contributed by atoms with Crippen LogP contribution in [0.5, 0.6) is 0 Å². The first-order valence-electron chi connectivity index (χ1n) is 6.62. The van der Waals surface area contributed by atoms with Gasteiger partial charge in [0, 0.05) is 18.9 Å². The van der Waals surface area contributed by atoms with Crippen molar-refractivity contribution in [1.82, 2.24) is 10.3 Å². The van der Waals surface area contributed by atoms with Crippen molar-refractivity contribution < 1.29 is 4.79 Å². The zero-order chi connectivity index (χ0) is 12.8. The summed E-state index contributed by atoms with van der Waals surface area (Å²) in [7, 11) is 0. The van der Waals surface area contributed by atoms with Crippen molar-refractivity contribution in [2.24, 2.45) is 11.1 Å². The van der Waals surface area contributed by atoms with Gasteiger partial charge in [-0.3, -0.25) is 9.78 Å². The molecule has 1 aromatic rings. The SMILES string of the molecule is NC(=O)[C@@]1(CCCc2ccncc2)CCCNC1. The van der Waals surface area contributed by atoms with Gasteiger partial charge in [-0.1, -0.05) is 0 Å². The molecular formula is C14H21N3O. The number of pyridine rings is 1. The van der Waals surface area contributed by atoms with Gasteiger partial charge in [0.1, 0.15) is 0 Å². The summed E-state index contributed by atoms with van der Waals surface area (Å²) < 4.78 is 0. The van der Waals surface area contributed by atoms with Gasteiger partial charge in [0.25, 0.3) is 0 Å². The minimum Gasteiger partial charge on any atom is -0.369 e. The Morgan fingerprint density at radius 2 is 2.22 bits per heavy atom. The lowest BCUT2D eigenvalue weighted by Crippen LogP contribution is -2.48. The van der Waals surface area contributed by atoms with Crippen molar-refractivity contribution in [2.45, 2.75) is 32.1 Å². The number of aromatic nitrogens is 1. The lowest BCUT2D eigenvalue weighted by Gasteiger charge is -2.34. The molecule has 0 aliphatic carbocycles. The van der Waals surface area contributed by atoms with E-state index in [4.69, 9.17) is 5.73 Å². The maximum absolute atomic E-state index is 11.7. The first-order valence-corrected chi connectivity index (χ1v) is 6.62. The molecule has 1 atom stereocenters. The van der Waals surface area contributed by atoms with E-state index >= 15 is 0 Å². The standard InChI is InChI=1S/C14H21N3O/c15-13(18)14(7-2-8-17-11-14)6-1-3-12-4-9-16-10-5-12/h4-5,9-10,17H,1-3,6-8,11H2,(H2,15,18)/t14-/m0/s1. The molecule has 1 aliphatic heterocycles. The molecule has 1 aliphatic rings. The van der Waals surface area contributed by atoms with Gasteiger partial charge >= 0.3 is 0 Å². The Hall–Kier alpha value is -1.42. The Balaban J connectivity index is 1.88. The molecule has 0 unspecified atom stereocenters. The van der Waals surface area contributed by atoms with E-state index in [9.17, 15) is 4.79 Å². The van der Waals surface area contributed by atoms with E-state index < -0.39 is 0 Å². The highest BCUT2D eigenvalue weighted by atomic mass is 16.1. The highest BCUT2D eigenvalue weighted by Gasteiger charge is 2.37. The summed E-state index contributed by atoms with van der Waals surface area (Å²) in [4.78, 5) is 15.7. The van der Waals surface area contributed by atoms with Crippen LogP contribution in [0.1, 0.15) is 31.2 Å². The molecule has 0 saturated carbocycles. The number of hydrogen-bond donors (Lipinski definition) is 2. The Labute approximate surface area is 108 Å². The summed E-state index contributed by atoms with van der Waals surface area (Å²) in [6.07, 6.45) is 8.43. The fourth-order valence-electron chi connectivity index (χ4n) is 2.70. The lowest BCUT2D eigenvalue weighted by atomic mass is 9.75. The van der Waals surface area contributed by atoms with Crippen LogP contribution in [0.25, 0.3) is 0 Å². The Morgan fingerprint density at radius 3 is 2.83 bits per heavy atom. The molecule has 0 radical (unpaired) electrons. The largest absolute Gasteiger partial charge is 0.369 e. The fraction of sp³-hybridized carbons (Fsp3) is 0.571. The number of aryl methyl sites for hydroxylation is 1. The average molecular weight is 247 g/mol. The van der Waals surface area contributed by atoms with Crippen LogP contribution in [0, 0.1) is 5.41 Å². The minimum atomic E-state index is -0.328. The molecule has 3 N–H and O–H groups in total. The van der Waals surface area contributed by atoms with E-state index in [-0.39, 0.29) is 11.3 Å². The quantitative estimate of drug-likeness (QED) is 0.823. The van der Waals surface area contributed by atoms with Gasteiger partial charge < -0.3 is 11.1 Å². The number of nitrogens with one attached hydrogen (secondary N) is 1. The fourth-order valence-corrected chi connectivity index (χ4v) is 2.70. The van der Waals surface area contributed by atoms with E-state index in [0.717, 1.165) is 45.2 Å². The number of amides is 1. The van der Waals surface area contributed by atoms with Crippen molar-refractivity contribution in [3.63, 3.8) is 0 Å². The summed E-state index contributed by atoms with van der Waals surface area (Å²) in [5.74, 6) is -0.149. The first kappa shape index (κ1) is 13.0. The molecule has 0 spiro atoms. The summed E-state index contributed by atoms with van der Waals surface area (Å²) in [6, 6.07) is 4.05. The van der Waals surface area contributed by atoms with E-state index in [2.05, 4.69) is 10.3 Å². The topological polar surface area (TPSA) is 68.0 Å². The molecule has 1 amide bonds. The summed E-state index contributed by atoms with van der Waals surface area (Å²) in [5, 5.41) is 3.29. The number of piperidine rings is 1. The zero-order valence-corrected chi connectivity index (χ0v) is 10.7. The maximum atomic E-state index is 11.7. The molecule has 98 valence electrons. The summed E-state index contributed by atoms with van der Waals surface area (Å²) >= 11 is 0.